The highest BCUT2D eigenvalue weighted by atomic mass is 32.1. The fourth-order valence-corrected chi connectivity index (χ4v) is 3.70. The van der Waals surface area contributed by atoms with Crippen LogP contribution in [0.15, 0.2) is 30.7 Å². The third kappa shape index (κ3) is 4.25. The van der Waals surface area contributed by atoms with E-state index in [9.17, 15) is 13.6 Å². The first kappa shape index (κ1) is 19.2. The highest BCUT2D eigenvalue weighted by Crippen LogP contribution is 2.31. The van der Waals surface area contributed by atoms with Crippen molar-refractivity contribution in [3.05, 3.63) is 48.1 Å². The van der Waals surface area contributed by atoms with Crippen LogP contribution in [0.3, 0.4) is 0 Å². The van der Waals surface area contributed by atoms with E-state index in [-0.39, 0.29) is 17.1 Å². The molecule has 6 nitrogen and oxygen atoms in total. The van der Waals surface area contributed by atoms with Crippen molar-refractivity contribution in [1.82, 2.24) is 19.9 Å². The monoisotopic (exact) mass is 391 g/mol. The second-order valence-electron chi connectivity index (χ2n) is 5.81. The van der Waals surface area contributed by atoms with E-state index in [0.29, 0.717) is 22.9 Å². The Bertz CT molecular complexity index is 930. The van der Waals surface area contributed by atoms with Gasteiger partial charge >= 0.3 is 0 Å². The number of hydrogen-bond donors (Lipinski definition) is 0. The molecule has 0 atom stereocenters. The summed E-state index contributed by atoms with van der Waals surface area (Å²) in [5, 5.41) is 0.303. The molecule has 0 N–H and O–H groups in total. The number of nitrogens with zero attached hydrogens (tertiary/aromatic N) is 5. The number of anilines is 1. The van der Waals surface area contributed by atoms with Crippen LogP contribution in [0.25, 0.3) is 10.2 Å². The highest BCUT2D eigenvalue weighted by Gasteiger charge is 2.24. The van der Waals surface area contributed by atoms with E-state index in [1.54, 1.807) is 0 Å². The maximum atomic E-state index is 14.0. The summed E-state index contributed by atoms with van der Waals surface area (Å²) in [6.07, 6.45) is 4.29. The molecule has 9 heteroatoms. The van der Waals surface area contributed by atoms with Crippen LogP contribution in [0, 0.1) is 11.6 Å². The Balaban J connectivity index is 1.98. The molecule has 3 rings (SSSR count). The maximum absolute atomic E-state index is 14.0. The maximum Gasteiger partial charge on any atom is 0.280 e. The molecule has 2 heterocycles. The summed E-state index contributed by atoms with van der Waals surface area (Å²) >= 11 is 1.07. The van der Waals surface area contributed by atoms with Crippen molar-refractivity contribution < 1.29 is 13.6 Å². The Morgan fingerprint density at radius 3 is 2.59 bits per heavy atom. The second-order valence-corrected chi connectivity index (χ2v) is 6.81. The van der Waals surface area contributed by atoms with Gasteiger partial charge in [-0.15, -0.1) is 0 Å². The van der Waals surface area contributed by atoms with Gasteiger partial charge in [-0.25, -0.2) is 18.7 Å². The summed E-state index contributed by atoms with van der Waals surface area (Å²) in [5.74, 6) is -1.80. The van der Waals surface area contributed by atoms with Gasteiger partial charge in [0.1, 0.15) is 17.0 Å². The minimum atomic E-state index is -0.747. The first-order valence-electron chi connectivity index (χ1n) is 8.59. The number of fused-ring (bicyclic) bond motifs is 1. The quantitative estimate of drug-likeness (QED) is 0.618. The fourth-order valence-electron chi connectivity index (χ4n) is 2.67. The summed E-state index contributed by atoms with van der Waals surface area (Å²) in [6, 6.07) is 2.01. The number of carbonyl (C=O) groups excluding carboxylic acids is 1. The number of aromatic nitrogens is 3. The zero-order valence-corrected chi connectivity index (χ0v) is 15.8. The van der Waals surface area contributed by atoms with E-state index in [2.05, 4.69) is 19.9 Å². The highest BCUT2D eigenvalue weighted by molar-refractivity contribution is 7.22. The minimum Gasteiger partial charge on any atom is -0.302 e. The van der Waals surface area contributed by atoms with Crippen LogP contribution >= 0.6 is 11.3 Å². The van der Waals surface area contributed by atoms with E-state index < -0.39 is 11.6 Å². The van der Waals surface area contributed by atoms with Crippen molar-refractivity contribution in [3.8, 4) is 0 Å². The van der Waals surface area contributed by atoms with E-state index in [4.69, 9.17) is 0 Å². The summed E-state index contributed by atoms with van der Waals surface area (Å²) in [4.78, 5) is 28.8. The predicted molar refractivity (Wildman–Crippen MR) is 101 cm³/mol. The van der Waals surface area contributed by atoms with Crippen LogP contribution in [0.2, 0.25) is 0 Å². The van der Waals surface area contributed by atoms with E-state index in [1.165, 1.54) is 29.6 Å². The van der Waals surface area contributed by atoms with E-state index in [1.807, 2.05) is 13.8 Å². The molecule has 0 saturated heterocycles. The lowest BCUT2D eigenvalue weighted by molar-refractivity contribution is 0.0978. The summed E-state index contributed by atoms with van der Waals surface area (Å²) in [7, 11) is 0. The molecule has 0 fully saturated rings. The first-order chi connectivity index (χ1) is 13.0. The smallest absolute Gasteiger partial charge is 0.280 e. The van der Waals surface area contributed by atoms with Gasteiger partial charge in [-0.1, -0.05) is 25.2 Å². The van der Waals surface area contributed by atoms with Crippen LogP contribution in [-0.2, 0) is 0 Å². The number of benzene rings is 1. The van der Waals surface area contributed by atoms with E-state index >= 15 is 0 Å². The molecule has 0 aliphatic heterocycles. The number of likely N-dealkylation sites (N-methyl/N-ethyl adjacent to an activating group) is 1. The molecule has 142 valence electrons. The topological polar surface area (TPSA) is 62.2 Å². The Morgan fingerprint density at radius 2 is 1.93 bits per heavy atom. The second kappa shape index (κ2) is 8.45. The molecule has 0 aliphatic rings. The number of halogens is 2. The lowest BCUT2D eigenvalue weighted by Crippen LogP contribution is -2.39. The van der Waals surface area contributed by atoms with Gasteiger partial charge in [0.15, 0.2) is 10.9 Å². The molecule has 2 aromatic heterocycles. The van der Waals surface area contributed by atoms with Crippen molar-refractivity contribution >= 4 is 32.6 Å². The van der Waals surface area contributed by atoms with Crippen LogP contribution in [0.1, 0.15) is 24.3 Å². The minimum absolute atomic E-state index is 0.0520. The van der Waals surface area contributed by atoms with Crippen molar-refractivity contribution in [3.63, 3.8) is 0 Å². The Kier molecular flexibility index (Phi) is 6.02. The van der Waals surface area contributed by atoms with Gasteiger partial charge in [0.2, 0.25) is 0 Å². The zero-order valence-electron chi connectivity index (χ0n) is 15.0. The van der Waals surface area contributed by atoms with Gasteiger partial charge in [-0.2, -0.15) is 0 Å². The number of amides is 1. The molecule has 1 aromatic carbocycles. The molecule has 27 heavy (non-hydrogen) atoms. The SMILES string of the molecule is CCN(CC)CCN(C(=O)c1cnccn1)c1nc2c(F)cc(F)cc2s1. The van der Waals surface area contributed by atoms with Gasteiger partial charge in [0.05, 0.1) is 10.9 Å². The first-order valence-corrected chi connectivity index (χ1v) is 9.41. The lowest BCUT2D eigenvalue weighted by Gasteiger charge is -2.24. The van der Waals surface area contributed by atoms with Crippen molar-refractivity contribution in [2.75, 3.05) is 31.1 Å². The van der Waals surface area contributed by atoms with Gasteiger partial charge in [0.25, 0.3) is 5.91 Å². The van der Waals surface area contributed by atoms with Crippen molar-refractivity contribution in [2.24, 2.45) is 0 Å². The number of thiazole rings is 1. The number of hydrogen-bond acceptors (Lipinski definition) is 6. The average Bonchev–Trinajstić information content (AvgIpc) is 3.09. The molecule has 0 spiro atoms. The average molecular weight is 391 g/mol. The van der Waals surface area contributed by atoms with E-state index in [0.717, 1.165) is 30.5 Å². The zero-order chi connectivity index (χ0) is 19.4. The lowest BCUT2D eigenvalue weighted by atomic mass is 10.3. The fraction of sp³-hybridized carbons (Fsp3) is 0.333. The number of carbonyl (C=O) groups is 1. The molecule has 0 saturated carbocycles. The molecule has 0 radical (unpaired) electrons. The molecular formula is C18H19F2N5OS. The summed E-state index contributed by atoms with van der Waals surface area (Å²) < 4.78 is 27.9. The largest absolute Gasteiger partial charge is 0.302 e. The van der Waals surface area contributed by atoms with Crippen LogP contribution in [0.4, 0.5) is 13.9 Å². The van der Waals surface area contributed by atoms with Gasteiger partial charge in [-0.3, -0.25) is 14.7 Å². The summed E-state index contributed by atoms with van der Waals surface area (Å²) in [6.45, 7) is 6.71. The van der Waals surface area contributed by atoms with Gasteiger partial charge < -0.3 is 4.90 Å². The Labute approximate surface area is 159 Å². The van der Waals surface area contributed by atoms with Crippen LogP contribution in [-0.4, -0.2) is 51.9 Å². The van der Waals surface area contributed by atoms with Gasteiger partial charge in [0, 0.05) is 31.5 Å². The third-order valence-electron chi connectivity index (χ3n) is 4.19. The third-order valence-corrected chi connectivity index (χ3v) is 5.22. The molecule has 3 aromatic rings. The molecule has 0 bridgehead atoms. The molecule has 1 amide bonds. The number of rotatable bonds is 7. The van der Waals surface area contributed by atoms with Crippen molar-refractivity contribution in [1.29, 1.82) is 0 Å². The molecular weight excluding hydrogens is 372 g/mol. The van der Waals surface area contributed by atoms with Gasteiger partial charge in [-0.05, 0) is 19.2 Å². The molecule has 0 unspecified atom stereocenters. The van der Waals surface area contributed by atoms with Crippen LogP contribution < -0.4 is 4.90 Å². The normalized spacial score (nSPS) is 11.3. The predicted octanol–water partition coefficient (Wildman–Crippen LogP) is 3.35. The summed E-state index contributed by atoms with van der Waals surface area (Å²) in [5.41, 5.74) is 0.221. The van der Waals surface area contributed by atoms with Crippen LogP contribution in [0.5, 0.6) is 0 Å². The Morgan fingerprint density at radius 1 is 1.15 bits per heavy atom. The van der Waals surface area contributed by atoms with Crippen molar-refractivity contribution in [2.45, 2.75) is 13.8 Å². The Hall–Kier alpha value is -2.52. The molecule has 0 aliphatic carbocycles. The standard InChI is InChI=1S/C18H19F2N5OS/c1-3-24(4-2)7-8-25(17(26)14-11-21-5-6-22-14)18-23-16-13(20)9-12(19)10-15(16)27-18/h5-6,9-11H,3-4,7-8H2,1-2H3.